The van der Waals surface area contributed by atoms with Crippen LogP contribution in [0.3, 0.4) is 0 Å². The molecule has 1 aromatic carbocycles. The Morgan fingerprint density at radius 2 is 2.06 bits per heavy atom. The lowest BCUT2D eigenvalue weighted by Crippen LogP contribution is -2.00. The van der Waals surface area contributed by atoms with E-state index < -0.39 is 0 Å². The van der Waals surface area contributed by atoms with Crippen LogP contribution in [0.1, 0.15) is 0 Å². The van der Waals surface area contributed by atoms with E-state index in [9.17, 15) is 0 Å². The summed E-state index contributed by atoms with van der Waals surface area (Å²) in [6.07, 6.45) is 3.01. The van der Waals surface area contributed by atoms with Crippen molar-refractivity contribution < 1.29 is 0 Å². The standard InChI is InChI=1S/C10H8Br2N4/c11-6-1-2-9(7(12)3-6)16-10-8(13)4-14-5-15-10/h1-5H,13H2,(H,14,15,16). The van der Waals surface area contributed by atoms with Gasteiger partial charge in [-0.05, 0) is 34.1 Å². The third-order valence-electron chi connectivity index (χ3n) is 1.92. The number of benzene rings is 1. The Hall–Kier alpha value is -1.14. The molecule has 0 aliphatic carbocycles. The summed E-state index contributed by atoms with van der Waals surface area (Å²) in [6, 6.07) is 5.81. The van der Waals surface area contributed by atoms with Crippen molar-refractivity contribution in [2.75, 3.05) is 11.1 Å². The summed E-state index contributed by atoms with van der Waals surface area (Å²) in [7, 11) is 0. The maximum atomic E-state index is 5.74. The van der Waals surface area contributed by atoms with E-state index in [1.165, 1.54) is 6.33 Å². The summed E-state index contributed by atoms with van der Waals surface area (Å²) in [5, 5.41) is 3.12. The van der Waals surface area contributed by atoms with Crippen LogP contribution in [0.15, 0.2) is 39.7 Å². The zero-order valence-electron chi connectivity index (χ0n) is 8.11. The van der Waals surface area contributed by atoms with E-state index >= 15 is 0 Å². The molecule has 0 amide bonds. The summed E-state index contributed by atoms with van der Waals surface area (Å²) in [4.78, 5) is 7.89. The van der Waals surface area contributed by atoms with Crippen molar-refractivity contribution in [1.82, 2.24) is 9.97 Å². The number of rotatable bonds is 2. The molecule has 3 N–H and O–H groups in total. The van der Waals surface area contributed by atoms with Crippen LogP contribution in [0.25, 0.3) is 0 Å². The van der Waals surface area contributed by atoms with E-state index in [1.807, 2.05) is 18.2 Å². The van der Waals surface area contributed by atoms with E-state index in [1.54, 1.807) is 6.20 Å². The molecule has 1 heterocycles. The van der Waals surface area contributed by atoms with E-state index in [-0.39, 0.29) is 0 Å². The van der Waals surface area contributed by atoms with Gasteiger partial charge in [0.15, 0.2) is 5.82 Å². The number of hydrogen-bond acceptors (Lipinski definition) is 4. The topological polar surface area (TPSA) is 63.8 Å². The second kappa shape index (κ2) is 4.80. The zero-order valence-corrected chi connectivity index (χ0v) is 11.3. The normalized spacial score (nSPS) is 10.1. The van der Waals surface area contributed by atoms with Gasteiger partial charge < -0.3 is 11.1 Å². The van der Waals surface area contributed by atoms with E-state index in [0.29, 0.717) is 11.5 Å². The zero-order chi connectivity index (χ0) is 11.5. The lowest BCUT2D eigenvalue weighted by molar-refractivity contribution is 1.17. The SMILES string of the molecule is Nc1cncnc1Nc1ccc(Br)cc1Br. The molecule has 0 radical (unpaired) electrons. The average Bonchev–Trinajstić information content (AvgIpc) is 2.25. The predicted molar refractivity (Wildman–Crippen MR) is 71.6 cm³/mol. The first kappa shape index (κ1) is 11.3. The van der Waals surface area contributed by atoms with Gasteiger partial charge in [0.2, 0.25) is 0 Å². The fraction of sp³-hybridized carbons (Fsp3) is 0. The van der Waals surface area contributed by atoms with Crippen molar-refractivity contribution in [2.24, 2.45) is 0 Å². The van der Waals surface area contributed by atoms with Gasteiger partial charge in [-0.25, -0.2) is 9.97 Å². The average molecular weight is 344 g/mol. The molecule has 0 fully saturated rings. The number of anilines is 3. The molecule has 82 valence electrons. The van der Waals surface area contributed by atoms with E-state index in [2.05, 4.69) is 47.1 Å². The summed E-state index contributed by atoms with van der Waals surface area (Å²) >= 11 is 6.84. The summed E-state index contributed by atoms with van der Waals surface area (Å²) in [5.41, 5.74) is 7.14. The van der Waals surface area contributed by atoms with Gasteiger partial charge >= 0.3 is 0 Å². The molecule has 0 unspecified atom stereocenters. The molecule has 0 spiro atoms. The van der Waals surface area contributed by atoms with E-state index in [4.69, 9.17) is 5.73 Å². The van der Waals surface area contributed by atoms with Gasteiger partial charge in [-0.15, -0.1) is 0 Å². The number of nitrogens with zero attached hydrogens (tertiary/aromatic N) is 2. The molecule has 16 heavy (non-hydrogen) atoms. The van der Waals surface area contributed by atoms with Gasteiger partial charge in [-0.1, -0.05) is 15.9 Å². The number of nitrogens with two attached hydrogens (primary N) is 1. The van der Waals surface area contributed by atoms with Gasteiger partial charge in [0, 0.05) is 8.95 Å². The fourth-order valence-corrected chi connectivity index (χ4v) is 2.31. The highest BCUT2D eigenvalue weighted by Gasteiger charge is 2.04. The Morgan fingerprint density at radius 3 is 2.75 bits per heavy atom. The maximum absolute atomic E-state index is 5.74. The Labute approximate surface area is 110 Å². The maximum Gasteiger partial charge on any atom is 0.157 e. The highest BCUT2D eigenvalue weighted by Crippen LogP contribution is 2.29. The van der Waals surface area contributed by atoms with Crippen LogP contribution < -0.4 is 11.1 Å². The molecule has 0 saturated heterocycles. The van der Waals surface area contributed by atoms with Crippen molar-refractivity contribution >= 4 is 49.1 Å². The minimum atomic E-state index is 0.511. The second-order valence-electron chi connectivity index (χ2n) is 3.08. The monoisotopic (exact) mass is 342 g/mol. The number of nitrogens with one attached hydrogen (secondary N) is 1. The van der Waals surface area contributed by atoms with Crippen LogP contribution >= 0.6 is 31.9 Å². The number of aromatic nitrogens is 2. The molecule has 0 bridgehead atoms. The number of nitrogen functional groups attached to an aromatic ring is 1. The number of halogens is 2. The molecule has 4 nitrogen and oxygen atoms in total. The minimum Gasteiger partial charge on any atom is -0.394 e. The first-order valence-electron chi connectivity index (χ1n) is 4.44. The molecular weight excluding hydrogens is 336 g/mol. The van der Waals surface area contributed by atoms with Crippen molar-refractivity contribution in [3.05, 3.63) is 39.7 Å². The van der Waals surface area contributed by atoms with Crippen molar-refractivity contribution in [1.29, 1.82) is 0 Å². The molecule has 2 aromatic rings. The third-order valence-corrected chi connectivity index (χ3v) is 3.07. The fourth-order valence-electron chi connectivity index (χ4n) is 1.16. The lowest BCUT2D eigenvalue weighted by atomic mass is 10.3. The van der Waals surface area contributed by atoms with Crippen LogP contribution in [0.4, 0.5) is 17.2 Å². The molecule has 0 aliphatic rings. The second-order valence-corrected chi connectivity index (χ2v) is 4.85. The first-order valence-corrected chi connectivity index (χ1v) is 6.03. The Bertz CT molecular complexity index is 516. The molecule has 0 aliphatic heterocycles. The summed E-state index contributed by atoms with van der Waals surface area (Å²) in [5.74, 6) is 0.595. The molecule has 6 heteroatoms. The van der Waals surface area contributed by atoms with Gasteiger partial charge in [0.1, 0.15) is 6.33 Å². The van der Waals surface area contributed by atoms with Gasteiger partial charge in [-0.3, -0.25) is 0 Å². The van der Waals surface area contributed by atoms with Crippen LogP contribution in [-0.4, -0.2) is 9.97 Å². The van der Waals surface area contributed by atoms with Crippen LogP contribution in [0.2, 0.25) is 0 Å². The lowest BCUT2D eigenvalue weighted by Gasteiger charge is -2.09. The van der Waals surface area contributed by atoms with Crippen LogP contribution in [0, 0.1) is 0 Å². The van der Waals surface area contributed by atoms with Gasteiger partial charge in [0.05, 0.1) is 17.6 Å². The predicted octanol–water partition coefficient (Wildman–Crippen LogP) is 3.33. The van der Waals surface area contributed by atoms with Crippen LogP contribution in [-0.2, 0) is 0 Å². The van der Waals surface area contributed by atoms with Crippen LogP contribution in [0.5, 0.6) is 0 Å². The molecule has 1 aromatic heterocycles. The molecule has 2 rings (SSSR count). The Balaban J connectivity index is 2.31. The van der Waals surface area contributed by atoms with Crippen molar-refractivity contribution in [2.45, 2.75) is 0 Å². The highest BCUT2D eigenvalue weighted by molar-refractivity contribution is 9.11. The quantitative estimate of drug-likeness (QED) is 0.877. The highest BCUT2D eigenvalue weighted by atomic mass is 79.9. The van der Waals surface area contributed by atoms with E-state index in [0.717, 1.165) is 14.6 Å². The Kier molecular flexibility index (Phi) is 3.40. The molecule has 0 saturated carbocycles. The largest absolute Gasteiger partial charge is 0.394 e. The summed E-state index contributed by atoms with van der Waals surface area (Å²) < 4.78 is 1.93. The smallest absolute Gasteiger partial charge is 0.157 e. The third kappa shape index (κ3) is 2.51. The number of hydrogen-bond donors (Lipinski definition) is 2. The first-order chi connectivity index (χ1) is 7.66. The van der Waals surface area contributed by atoms with Crippen molar-refractivity contribution in [3.8, 4) is 0 Å². The Morgan fingerprint density at radius 1 is 1.25 bits per heavy atom. The summed E-state index contributed by atoms with van der Waals surface area (Å²) in [6.45, 7) is 0. The van der Waals surface area contributed by atoms with Crippen molar-refractivity contribution in [3.63, 3.8) is 0 Å². The van der Waals surface area contributed by atoms with Gasteiger partial charge in [-0.2, -0.15) is 0 Å². The minimum absolute atomic E-state index is 0.511. The van der Waals surface area contributed by atoms with Gasteiger partial charge in [0.25, 0.3) is 0 Å². The molecular formula is C10H8Br2N4. The molecule has 0 atom stereocenters.